The van der Waals surface area contributed by atoms with E-state index in [9.17, 15) is 0 Å². The molecule has 1 heterocycles. The lowest BCUT2D eigenvalue weighted by molar-refractivity contribution is 1.50. The van der Waals surface area contributed by atoms with Gasteiger partial charge in [-0.15, -0.1) is 11.3 Å². The molecule has 0 aromatic carbocycles. The molecule has 1 aromatic heterocycles. The second-order valence-electron chi connectivity index (χ2n) is 2.11. The van der Waals surface area contributed by atoms with Gasteiger partial charge < -0.3 is 0 Å². The van der Waals surface area contributed by atoms with Gasteiger partial charge in [0.15, 0.2) is 0 Å². The summed E-state index contributed by atoms with van der Waals surface area (Å²) >= 11 is 1.75. The molecule has 1 aliphatic rings. The van der Waals surface area contributed by atoms with E-state index in [4.69, 9.17) is 0 Å². The molecule has 0 saturated carbocycles. The molecule has 1 aromatic rings. The summed E-state index contributed by atoms with van der Waals surface area (Å²) in [6.45, 7) is 0. The van der Waals surface area contributed by atoms with Gasteiger partial charge in [0.1, 0.15) is 0 Å². The molecule has 2 rings (SSSR count). The average Bonchev–Trinajstić information content (AvgIpc) is 2.28. The van der Waals surface area contributed by atoms with E-state index in [1.165, 1.54) is 10.4 Å². The van der Waals surface area contributed by atoms with Crippen molar-refractivity contribution in [3.05, 3.63) is 28.0 Å². The third-order valence-corrected chi connectivity index (χ3v) is 2.29. The first-order chi connectivity index (χ1) is 4.97. The molecule has 10 heavy (non-hydrogen) atoms. The summed E-state index contributed by atoms with van der Waals surface area (Å²) in [5.41, 5.74) is 1.18. The van der Waals surface area contributed by atoms with E-state index in [0.717, 1.165) is 6.42 Å². The molecule has 0 bridgehead atoms. The lowest BCUT2D eigenvalue weighted by Crippen LogP contribution is -1.66. The second kappa shape index (κ2) is 2.32. The van der Waals surface area contributed by atoms with Gasteiger partial charge in [0.05, 0.1) is 0 Å². The van der Waals surface area contributed by atoms with Gasteiger partial charge in [0, 0.05) is 16.9 Å². The van der Waals surface area contributed by atoms with Gasteiger partial charge in [-0.1, -0.05) is 17.9 Å². The highest BCUT2D eigenvalue weighted by molar-refractivity contribution is 7.11. The van der Waals surface area contributed by atoms with Crippen molar-refractivity contribution in [3.8, 4) is 11.8 Å². The molecule has 0 N–H and O–H groups in total. The molecule has 0 amide bonds. The quantitative estimate of drug-likeness (QED) is 0.493. The van der Waals surface area contributed by atoms with Crippen molar-refractivity contribution >= 4 is 17.4 Å². The summed E-state index contributed by atoms with van der Waals surface area (Å²) in [4.78, 5) is 1.30. The minimum atomic E-state index is 0.890. The Morgan fingerprint density at radius 3 is 3.50 bits per heavy atom. The zero-order chi connectivity index (χ0) is 6.81. The van der Waals surface area contributed by atoms with E-state index < -0.39 is 0 Å². The van der Waals surface area contributed by atoms with E-state index in [0.29, 0.717) is 0 Å². The van der Waals surface area contributed by atoms with Crippen molar-refractivity contribution < 1.29 is 0 Å². The first-order valence-corrected chi connectivity index (χ1v) is 4.08. The van der Waals surface area contributed by atoms with Crippen LogP contribution < -0.4 is 0 Å². The molecular weight excluding hydrogens is 140 g/mol. The predicted molar refractivity (Wildman–Crippen MR) is 44.8 cm³/mol. The predicted octanol–water partition coefficient (Wildman–Crippen LogP) is 2.52. The van der Waals surface area contributed by atoms with Crippen LogP contribution in [0, 0.1) is 11.8 Å². The van der Waals surface area contributed by atoms with E-state index >= 15 is 0 Å². The Hall–Kier alpha value is -1.00. The van der Waals surface area contributed by atoms with Crippen LogP contribution in [0.3, 0.4) is 0 Å². The van der Waals surface area contributed by atoms with Crippen LogP contribution in [0.1, 0.15) is 16.9 Å². The molecule has 0 atom stereocenters. The molecule has 1 aliphatic carbocycles. The Bertz CT molecular complexity index is 320. The second-order valence-corrected chi connectivity index (χ2v) is 3.05. The summed E-state index contributed by atoms with van der Waals surface area (Å²) in [5, 5.41) is 2.08. The Morgan fingerprint density at radius 1 is 1.50 bits per heavy atom. The van der Waals surface area contributed by atoms with Crippen LogP contribution in [0.15, 0.2) is 17.5 Å². The van der Waals surface area contributed by atoms with Gasteiger partial charge >= 0.3 is 0 Å². The van der Waals surface area contributed by atoms with Crippen molar-refractivity contribution in [2.45, 2.75) is 6.42 Å². The largest absolute Gasteiger partial charge is 0.143 e. The fourth-order valence-electron chi connectivity index (χ4n) is 0.924. The monoisotopic (exact) mass is 146 g/mol. The van der Waals surface area contributed by atoms with Crippen LogP contribution >= 0.6 is 11.3 Å². The fraction of sp³-hybridized carbons (Fsp3) is 0.111. The van der Waals surface area contributed by atoms with Crippen LogP contribution in [0.5, 0.6) is 0 Å². The van der Waals surface area contributed by atoms with E-state index in [-0.39, 0.29) is 0 Å². The molecule has 0 fully saturated rings. The molecule has 0 saturated heterocycles. The molecule has 0 aliphatic heterocycles. The van der Waals surface area contributed by atoms with Gasteiger partial charge in [-0.25, -0.2) is 0 Å². The minimum Gasteiger partial charge on any atom is -0.143 e. The topological polar surface area (TPSA) is 0 Å². The Kier molecular flexibility index (Phi) is 1.34. The van der Waals surface area contributed by atoms with Crippen LogP contribution in [0.4, 0.5) is 0 Å². The van der Waals surface area contributed by atoms with Gasteiger partial charge in [0.2, 0.25) is 0 Å². The highest BCUT2D eigenvalue weighted by Crippen LogP contribution is 2.18. The highest BCUT2D eigenvalue weighted by Gasteiger charge is 1.97. The van der Waals surface area contributed by atoms with Crippen LogP contribution in [-0.4, -0.2) is 0 Å². The van der Waals surface area contributed by atoms with E-state index in [1.54, 1.807) is 11.3 Å². The van der Waals surface area contributed by atoms with Crippen molar-refractivity contribution in [3.63, 3.8) is 0 Å². The van der Waals surface area contributed by atoms with Gasteiger partial charge in [-0.3, -0.25) is 0 Å². The zero-order valence-electron chi connectivity index (χ0n) is 5.42. The SMILES string of the molecule is C1#Cc2ccsc2C=CC1. The molecular formula is C9H6S. The van der Waals surface area contributed by atoms with Gasteiger partial charge in [-0.2, -0.15) is 0 Å². The Morgan fingerprint density at radius 2 is 2.50 bits per heavy atom. The van der Waals surface area contributed by atoms with E-state index in [2.05, 4.69) is 35.4 Å². The fourth-order valence-corrected chi connectivity index (χ4v) is 1.70. The summed E-state index contributed by atoms with van der Waals surface area (Å²) in [6, 6.07) is 2.07. The maximum Gasteiger partial charge on any atom is 0.0425 e. The van der Waals surface area contributed by atoms with Gasteiger partial charge in [-0.05, 0) is 17.5 Å². The zero-order valence-corrected chi connectivity index (χ0v) is 6.24. The number of hydrogen-bond donors (Lipinski definition) is 0. The van der Waals surface area contributed by atoms with Crippen molar-refractivity contribution in [1.82, 2.24) is 0 Å². The number of fused-ring (bicyclic) bond motifs is 1. The van der Waals surface area contributed by atoms with Gasteiger partial charge in [0.25, 0.3) is 0 Å². The molecule has 48 valence electrons. The molecule has 0 spiro atoms. The summed E-state index contributed by atoms with van der Waals surface area (Å²) in [6.07, 6.45) is 5.13. The normalized spacial score (nSPS) is 13.2. The number of thiophene rings is 1. The number of allylic oxidation sites excluding steroid dienone is 1. The highest BCUT2D eigenvalue weighted by atomic mass is 32.1. The number of hydrogen-bond acceptors (Lipinski definition) is 1. The van der Waals surface area contributed by atoms with Crippen molar-refractivity contribution in [2.75, 3.05) is 0 Å². The summed E-state index contributed by atoms with van der Waals surface area (Å²) in [5.74, 6) is 6.16. The third-order valence-electron chi connectivity index (χ3n) is 1.41. The minimum absolute atomic E-state index is 0.890. The van der Waals surface area contributed by atoms with Crippen LogP contribution in [-0.2, 0) is 0 Å². The Labute approximate surface area is 64.2 Å². The first kappa shape index (κ1) is 5.76. The standard InChI is InChI=1S/C9H6S/c1-2-4-8-6-7-10-9(8)5-3-1/h3,5-7H,1H2. The maximum atomic E-state index is 3.10. The molecule has 1 heteroatoms. The average molecular weight is 146 g/mol. The first-order valence-electron chi connectivity index (χ1n) is 3.20. The lowest BCUT2D eigenvalue weighted by Gasteiger charge is -1.82. The smallest absolute Gasteiger partial charge is 0.0425 e. The van der Waals surface area contributed by atoms with Crippen molar-refractivity contribution in [2.24, 2.45) is 0 Å². The number of rotatable bonds is 0. The lowest BCUT2D eigenvalue weighted by atomic mass is 10.3. The summed E-state index contributed by atoms with van der Waals surface area (Å²) in [7, 11) is 0. The molecule has 0 unspecified atom stereocenters. The summed E-state index contributed by atoms with van der Waals surface area (Å²) < 4.78 is 0. The van der Waals surface area contributed by atoms with Crippen molar-refractivity contribution in [1.29, 1.82) is 0 Å². The van der Waals surface area contributed by atoms with E-state index in [1.807, 2.05) is 0 Å². The molecule has 0 nitrogen and oxygen atoms in total. The van der Waals surface area contributed by atoms with Crippen LogP contribution in [0.2, 0.25) is 0 Å². The third kappa shape index (κ3) is 0.872. The van der Waals surface area contributed by atoms with Crippen LogP contribution in [0.25, 0.3) is 6.08 Å². The molecule has 0 radical (unpaired) electrons. The maximum absolute atomic E-state index is 3.10. The Balaban J connectivity index is 2.61.